The van der Waals surface area contributed by atoms with Gasteiger partial charge in [-0.1, -0.05) is 40.0 Å². The van der Waals surface area contributed by atoms with E-state index in [0.29, 0.717) is 12.3 Å². The number of nitrogens with two attached hydrogens (primary N) is 1. The van der Waals surface area contributed by atoms with E-state index < -0.39 is 5.97 Å². The van der Waals surface area contributed by atoms with Crippen molar-refractivity contribution < 1.29 is 9.90 Å². The van der Waals surface area contributed by atoms with Crippen molar-refractivity contribution in [2.75, 3.05) is 6.54 Å². The first kappa shape index (κ1) is 16.8. The van der Waals surface area contributed by atoms with E-state index in [-0.39, 0.29) is 0 Å². The Morgan fingerprint density at radius 3 is 1.73 bits per heavy atom. The maximum Gasteiger partial charge on any atom is 0.303 e. The summed E-state index contributed by atoms with van der Waals surface area (Å²) in [7, 11) is 0. The zero-order valence-electron chi connectivity index (χ0n) is 10.5. The standard InChI is InChI=1S/C6H10O2.C4H10.C2H7N/c7-6(8)4-5-2-1-3-5;1-3-4-2;1-2-3/h5H,1-4H2,(H,7,8);3-4H2,1-2H3;2-3H2,1H3. The molecule has 0 atom stereocenters. The highest BCUT2D eigenvalue weighted by atomic mass is 16.4. The number of carbonyl (C=O) groups is 1. The number of carboxylic acid groups (broad SMARTS) is 1. The molecule has 15 heavy (non-hydrogen) atoms. The van der Waals surface area contributed by atoms with Crippen molar-refractivity contribution in [1.82, 2.24) is 0 Å². The van der Waals surface area contributed by atoms with E-state index in [1.165, 1.54) is 19.3 Å². The molecular formula is C12H27NO2. The van der Waals surface area contributed by atoms with Crippen molar-refractivity contribution in [1.29, 1.82) is 0 Å². The van der Waals surface area contributed by atoms with E-state index in [1.54, 1.807) is 0 Å². The van der Waals surface area contributed by atoms with Crippen LogP contribution >= 0.6 is 0 Å². The summed E-state index contributed by atoms with van der Waals surface area (Å²) in [6.07, 6.45) is 6.52. The summed E-state index contributed by atoms with van der Waals surface area (Å²) < 4.78 is 0. The van der Waals surface area contributed by atoms with E-state index in [1.807, 2.05) is 6.92 Å². The fourth-order valence-corrected chi connectivity index (χ4v) is 0.944. The second-order valence-electron chi connectivity index (χ2n) is 3.80. The maximum atomic E-state index is 10.0. The Kier molecular flexibility index (Phi) is 15.1. The van der Waals surface area contributed by atoms with Gasteiger partial charge < -0.3 is 10.8 Å². The molecule has 0 unspecified atom stereocenters. The fraction of sp³-hybridized carbons (Fsp3) is 0.917. The van der Waals surface area contributed by atoms with E-state index in [9.17, 15) is 4.79 Å². The van der Waals surface area contributed by atoms with Gasteiger partial charge in [0, 0.05) is 6.42 Å². The number of carboxylic acids is 1. The van der Waals surface area contributed by atoms with Crippen LogP contribution in [0.4, 0.5) is 0 Å². The summed E-state index contributed by atoms with van der Waals surface area (Å²) >= 11 is 0. The smallest absolute Gasteiger partial charge is 0.303 e. The molecule has 0 heterocycles. The predicted molar refractivity (Wildman–Crippen MR) is 64.9 cm³/mol. The molecule has 0 aliphatic heterocycles. The molecule has 0 bridgehead atoms. The van der Waals surface area contributed by atoms with Crippen LogP contribution in [0.2, 0.25) is 0 Å². The third-order valence-corrected chi connectivity index (χ3v) is 2.19. The van der Waals surface area contributed by atoms with Crippen LogP contribution in [0, 0.1) is 5.92 Å². The first-order valence-electron chi connectivity index (χ1n) is 6.04. The van der Waals surface area contributed by atoms with Crippen molar-refractivity contribution in [3.8, 4) is 0 Å². The van der Waals surface area contributed by atoms with Gasteiger partial charge in [-0.25, -0.2) is 0 Å². The average molecular weight is 217 g/mol. The van der Waals surface area contributed by atoms with Crippen LogP contribution < -0.4 is 5.73 Å². The van der Waals surface area contributed by atoms with Gasteiger partial charge >= 0.3 is 5.97 Å². The zero-order valence-corrected chi connectivity index (χ0v) is 10.5. The van der Waals surface area contributed by atoms with Gasteiger partial charge in [-0.2, -0.15) is 0 Å². The number of rotatable bonds is 3. The molecule has 1 fully saturated rings. The summed E-state index contributed by atoms with van der Waals surface area (Å²) in [6.45, 7) is 7.01. The minimum Gasteiger partial charge on any atom is -0.481 e. The third kappa shape index (κ3) is 16.1. The molecular weight excluding hydrogens is 190 g/mol. The molecule has 0 aromatic rings. The Morgan fingerprint density at radius 2 is 1.67 bits per heavy atom. The van der Waals surface area contributed by atoms with Gasteiger partial charge in [0.25, 0.3) is 0 Å². The minimum absolute atomic E-state index is 0.389. The van der Waals surface area contributed by atoms with Crippen LogP contribution in [-0.4, -0.2) is 17.6 Å². The molecule has 0 aromatic heterocycles. The highest BCUT2D eigenvalue weighted by molar-refractivity contribution is 5.67. The Morgan fingerprint density at radius 1 is 1.27 bits per heavy atom. The molecule has 0 spiro atoms. The van der Waals surface area contributed by atoms with Gasteiger partial charge in [-0.3, -0.25) is 4.79 Å². The summed E-state index contributed by atoms with van der Waals surface area (Å²) in [5, 5.41) is 8.25. The Hall–Kier alpha value is -0.570. The van der Waals surface area contributed by atoms with Crippen molar-refractivity contribution in [3.63, 3.8) is 0 Å². The summed E-state index contributed by atoms with van der Waals surface area (Å²) in [4.78, 5) is 10.0. The lowest BCUT2D eigenvalue weighted by atomic mass is 9.83. The van der Waals surface area contributed by atoms with E-state index in [4.69, 9.17) is 10.8 Å². The Bertz CT molecular complexity index is 132. The van der Waals surface area contributed by atoms with Crippen molar-refractivity contribution in [2.45, 2.75) is 59.3 Å². The molecule has 1 aliphatic rings. The molecule has 1 rings (SSSR count). The number of hydrogen-bond donors (Lipinski definition) is 2. The average Bonchev–Trinajstić information content (AvgIpc) is 2.13. The second kappa shape index (κ2) is 13.4. The lowest BCUT2D eigenvalue weighted by Crippen LogP contribution is -2.14. The van der Waals surface area contributed by atoms with Crippen LogP contribution in [0.3, 0.4) is 0 Å². The van der Waals surface area contributed by atoms with Crippen LogP contribution in [0.25, 0.3) is 0 Å². The van der Waals surface area contributed by atoms with Crippen molar-refractivity contribution in [2.24, 2.45) is 11.7 Å². The molecule has 0 radical (unpaired) electrons. The summed E-state index contributed by atoms with van der Waals surface area (Å²) in [5.74, 6) is -0.137. The second-order valence-corrected chi connectivity index (χ2v) is 3.80. The van der Waals surface area contributed by atoms with Crippen LogP contribution in [-0.2, 0) is 4.79 Å². The molecule has 3 heteroatoms. The molecule has 1 aliphatic carbocycles. The summed E-state index contributed by atoms with van der Waals surface area (Å²) in [6, 6.07) is 0. The Balaban J connectivity index is 0. The van der Waals surface area contributed by atoms with Gasteiger partial charge in [0.2, 0.25) is 0 Å². The van der Waals surface area contributed by atoms with Crippen LogP contribution in [0.5, 0.6) is 0 Å². The number of aliphatic carboxylic acids is 1. The maximum absolute atomic E-state index is 10.0. The van der Waals surface area contributed by atoms with Crippen LogP contribution in [0.1, 0.15) is 59.3 Å². The van der Waals surface area contributed by atoms with E-state index in [0.717, 1.165) is 19.4 Å². The highest BCUT2D eigenvalue weighted by Crippen LogP contribution is 2.28. The first-order valence-corrected chi connectivity index (χ1v) is 6.04. The lowest BCUT2D eigenvalue weighted by molar-refractivity contribution is -0.138. The van der Waals surface area contributed by atoms with Crippen molar-refractivity contribution >= 4 is 5.97 Å². The van der Waals surface area contributed by atoms with E-state index in [2.05, 4.69) is 13.8 Å². The summed E-state index contributed by atoms with van der Waals surface area (Å²) in [5.41, 5.74) is 4.85. The minimum atomic E-state index is -0.644. The number of hydrogen-bond acceptors (Lipinski definition) is 2. The van der Waals surface area contributed by atoms with Gasteiger partial charge in [-0.15, -0.1) is 0 Å². The van der Waals surface area contributed by atoms with Gasteiger partial charge in [0.05, 0.1) is 0 Å². The predicted octanol–water partition coefficient (Wildman–Crippen LogP) is 3.03. The van der Waals surface area contributed by atoms with Crippen molar-refractivity contribution in [3.05, 3.63) is 0 Å². The molecule has 0 amide bonds. The van der Waals surface area contributed by atoms with Gasteiger partial charge in [-0.05, 0) is 25.3 Å². The molecule has 92 valence electrons. The Labute approximate surface area is 94.1 Å². The quantitative estimate of drug-likeness (QED) is 0.763. The molecule has 0 aromatic carbocycles. The molecule has 3 nitrogen and oxygen atoms in total. The molecule has 3 N–H and O–H groups in total. The van der Waals surface area contributed by atoms with Gasteiger partial charge in [0.1, 0.15) is 0 Å². The largest absolute Gasteiger partial charge is 0.481 e. The molecule has 1 saturated carbocycles. The SMILES string of the molecule is CCCC.CCN.O=C(O)CC1CCC1. The zero-order chi connectivity index (χ0) is 12.1. The monoisotopic (exact) mass is 217 g/mol. The third-order valence-electron chi connectivity index (χ3n) is 2.19. The van der Waals surface area contributed by atoms with E-state index >= 15 is 0 Å². The molecule has 0 saturated heterocycles. The first-order chi connectivity index (χ1) is 7.12. The topological polar surface area (TPSA) is 63.3 Å². The normalized spacial score (nSPS) is 13.9. The van der Waals surface area contributed by atoms with Crippen LogP contribution in [0.15, 0.2) is 0 Å². The lowest BCUT2D eigenvalue weighted by Gasteiger charge is -2.22. The number of unbranched alkanes of at least 4 members (excludes halogenated alkanes) is 1. The van der Waals surface area contributed by atoms with Gasteiger partial charge in [0.15, 0.2) is 0 Å². The fourth-order valence-electron chi connectivity index (χ4n) is 0.944. The highest BCUT2D eigenvalue weighted by Gasteiger charge is 2.19.